The molecular formula is C18H30N8O9S2. The van der Waals surface area contributed by atoms with Crippen LogP contribution < -0.4 is 44.2 Å². The van der Waals surface area contributed by atoms with Gasteiger partial charge in [0.25, 0.3) is 0 Å². The smallest absolute Gasteiger partial charge is 0.326 e. The fraction of sp³-hybridized carbons (Fsp3) is 0.556. The van der Waals surface area contributed by atoms with Crippen molar-refractivity contribution in [2.75, 3.05) is 11.5 Å². The number of hydrogen-bond donors (Lipinski definition) is 11. The Kier molecular flexibility index (Phi) is 14.7. The predicted molar refractivity (Wildman–Crippen MR) is 132 cm³/mol. The number of carbonyl (C=O) groups is 8. The van der Waals surface area contributed by atoms with Gasteiger partial charge in [0, 0.05) is 11.5 Å². The van der Waals surface area contributed by atoms with E-state index < -0.39 is 96.8 Å². The predicted octanol–water partition coefficient (Wildman–Crippen LogP) is -6.18. The highest BCUT2D eigenvalue weighted by Gasteiger charge is 2.32. The van der Waals surface area contributed by atoms with Crippen molar-refractivity contribution < 1.29 is 43.5 Å². The summed E-state index contributed by atoms with van der Waals surface area (Å²) in [6, 6.07) is -7.53. The molecule has 13 N–H and O–H groups in total. The van der Waals surface area contributed by atoms with Gasteiger partial charge >= 0.3 is 5.97 Å². The first-order valence-electron chi connectivity index (χ1n) is 10.4. The first-order chi connectivity index (χ1) is 17.1. The molecule has 0 fully saturated rings. The van der Waals surface area contributed by atoms with Gasteiger partial charge in [-0.25, -0.2) is 4.79 Å². The highest BCUT2D eigenvalue weighted by Crippen LogP contribution is 2.01. The first-order valence-corrected chi connectivity index (χ1v) is 11.7. The summed E-state index contributed by atoms with van der Waals surface area (Å²) < 4.78 is 0. The highest BCUT2D eigenvalue weighted by atomic mass is 32.1. The molecule has 0 saturated heterocycles. The average Bonchev–Trinajstić information content (AvgIpc) is 2.78. The zero-order valence-corrected chi connectivity index (χ0v) is 21.1. The van der Waals surface area contributed by atoms with E-state index in [2.05, 4.69) is 41.2 Å². The number of rotatable bonds is 17. The SMILES string of the molecule is NC(=O)CC(N)C(=O)NC(CS)C(=O)NC(CC(N)=O)C(=O)NC(CS)C(=O)NC(CC(N)=O)C(=O)O. The van der Waals surface area contributed by atoms with Gasteiger partial charge in [0.2, 0.25) is 41.4 Å². The van der Waals surface area contributed by atoms with Crippen molar-refractivity contribution in [3.63, 3.8) is 0 Å². The van der Waals surface area contributed by atoms with Crippen molar-refractivity contribution in [3.8, 4) is 0 Å². The Balaban J connectivity index is 5.48. The van der Waals surface area contributed by atoms with E-state index in [9.17, 15) is 38.4 Å². The maximum atomic E-state index is 12.7. The molecule has 5 unspecified atom stereocenters. The number of primary amides is 3. The summed E-state index contributed by atoms with van der Waals surface area (Å²) in [4.78, 5) is 94.5. The number of carboxylic acids is 1. The van der Waals surface area contributed by atoms with Crippen molar-refractivity contribution in [3.05, 3.63) is 0 Å². The van der Waals surface area contributed by atoms with Crippen molar-refractivity contribution in [1.82, 2.24) is 21.3 Å². The molecule has 7 amide bonds. The van der Waals surface area contributed by atoms with Gasteiger partial charge in [-0.05, 0) is 0 Å². The van der Waals surface area contributed by atoms with Crippen LogP contribution in [-0.4, -0.2) is 94.1 Å². The van der Waals surface area contributed by atoms with Gasteiger partial charge in [0.15, 0.2) is 0 Å². The van der Waals surface area contributed by atoms with E-state index in [0.29, 0.717) is 0 Å². The molecular weight excluding hydrogens is 536 g/mol. The highest BCUT2D eigenvalue weighted by molar-refractivity contribution is 7.80. The van der Waals surface area contributed by atoms with E-state index in [-0.39, 0.29) is 11.5 Å². The zero-order chi connectivity index (χ0) is 28.9. The number of thiol groups is 2. The molecule has 0 aromatic rings. The van der Waals surface area contributed by atoms with Crippen LogP contribution in [-0.2, 0) is 38.4 Å². The second kappa shape index (κ2) is 16.2. The Hall–Kier alpha value is -3.58. The van der Waals surface area contributed by atoms with Crippen molar-refractivity contribution in [2.45, 2.75) is 49.5 Å². The van der Waals surface area contributed by atoms with E-state index >= 15 is 0 Å². The van der Waals surface area contributed by atoms with E-state index in [1.165, 1.54) is 0 Å². The van der Waals surface area contributed by atoms with Crippen LogP contribution in [0.1, 0.15) is 19.3 Å². The lowest BCUT2D eigenvalue weighted by molar-refractivity contribution is -0.143. The summed E-state index contributed by atoms with van der Waals surface area (Å²) in [6.45, 7) is 0. The number of hydrogen-bond acceptors (Lipinski definition) is 11. The minimum Gasteiger partial charge on any atom is -0.480 e. The lowest BCUT2D eigenvalue weighted by atomic mass is 10.1. The van der Waals surface area contributed by atoms with Crippen molar-refractivity contribution >= 4 is 72.6 Å². The number of carbonyl (C=O) groups excluding carboxylic acids is 7. The molecule has 0 aliphatic rings. The standard InChI is InChI=1S/C18H30N8O9S2/c19-6(1-11(20)27)14(30)25-9(4-36)16(32)23-7(2-12(21)28)15(31)26-10(5-37)17(33)24-8(18(34)35)3-13(22)29/h6-10,36-37H,1-5,19H2,(H2,20,27)(H2,21,28)(H2,22,29)(H,23,32)(H,24,33)(H,25,30)(H,26,31)(H,34,35). The average molecular weight is 567 g/mol. The monoisotopic (exact) mass is 566 g/mol. The van der Waals surface area contributed by atoms with E-state index in [4.69, 9.17) is 28.0 Å². The summed E-state index contributed by atoms with van der Waals surface area (Å²) in [7, 11) is 0. The van der Waals surface area contributed by atoms with Gasteiger partial charge in [0.05, 0.1) is 25.3 Å². The summed E-state index contributed by atoms with van der Waals surface area (Å²) in [5.41, 5.74) is 20.6. The molecule has 0 aliphatic carbocycles. The van der Waals surface area contributed by atoms with Crippen LogP contribution in [0.25, 0.3) is 0 Å². The van der Waals surface area contributed by atoms with Gasteiger partial charge < -0.3 is 49.3 Å². The van der Waals surface area contributed by atoms with Crippen LogP contribution in [0.4, 0.5) is 0 Å². The number of carboxylic acid groups (broad SMARTS) is 1. The second-order valence-electron chi connectivity index (χ2n) is 7.57. The molecule has 0 saturated carbocycles. The number of nitrogens with one attached hydrogen (secondary N) is 4. The molecule has 0 aliphatic heterocycles. The van der Waals surface area contributed by atoms with Crippen LogP contribution in [0.15, 0.2) is 0 Å². The fourth-order valence-electron chi connectivity index (χ4n) is 2.61. The Bertz CT molecular complexity index is 920. The van der Waals surface area contributed by atoms with Crippen LogP contribution in [0, 0.1) is 0 Å². The van der Waals surface area contributed by atoms with Gasteiger partial charge in [-0.2, -0.15) is 25.3 Å². The number of amides is 7. The molecule has 0 spiro atoms. The Morgan fingerprint density at radius 2 is 0.892 bits per heavy atom. The minimum absolute atomic E-state index is 0.288. The molecule has 0 aromatic carbocycles. The third-order valence-electron chi connectivity index (χ3n) is 4.45. The van der Waals surface area contributed by atoms with Gasteiger partial charge in [-0.3, -0.25) is 33.6 Å². The van der Waals surface area contributed by atoms with Gasteiger partial charge in [0.1, 0.15) is 24.2 Å². The Morgan fingerprint density at radius 1 is 0.568 bits per heavy atom. The molecule has 0 radical (unpaired) electrons. The molecule has 37 heavy (non-hydrogen) atoms. The fourth-order valence-corrected chi connectivity index (χ4v) is 3.12. The summed E-state index contributed by atoms with van der Waals surface area (Å²) in [5.74, 6) is -9.14. The summed E-state index contributed by atoms with van der Waals surface area (Å²) in [6.07, 6.45) is -1.96. The molecule has 0 aromatic heterocycles. The van der Waals surface area contributed by atoms with Gasteiger partial charge in [-0.15, -0.1) is 0 Å². The maximum absolute atomic E-state index is 12.7. The topological polar surface area (TPSA) is 309 Å². The molecule has 208 valence electrons. The van der Waals surface area contributed by atoms with Crippen LogP contribution in [0.3, 0.4) is 0 Å². The third kappa shape index (κ3) is 12.8. The second-order valence-corrected chi connectivity index (χ2v) is 8.30. The molecule has 0 bridgehead atoms. The van der Waals surface area contributed by atoms with E-state index in [1.807, 2.05) is 5.32 Å². The van der Waals surface area contributed by atoms with Crippen molar-refractivity contribution in [2.24, 2.45) is 22.9 Å². The molecule has 5 atom stereocenters. The zero-order valence-electron chi connectivity index (χ0n) is 19.3. The lowest BCUT2D eigenvalue weighted by Gasteiger charge is -2.25. The molecule has 0 rings (SSSR count). The van der Waals surface area contributed by atoms with Crippen LogP contribution in [0.5, 0.6) is 0 Å². The number of nitrogens with two attached hydrogens (primary N) is 4. The Morgan fingerprint density at radius 3 is 1.27 bits per heavy atom. The van der Waals surface area contributed by atoms with Crippen molar-refractivity contribution in [1.29, 1.82) is 0 Å². The lowest BCUT2D eigenvalue weighted by Crippen LogP contribution is -2.60. The van der Waals surface area contributed by atoms with E-state index in [0.717, 1.165) is 0 Å². The maximum Gasteiger partial charge on any atom is 0.326 e. The third-order valence-corrected chi connectivity index (χ3v) is 5.18. The summed E-state index contributed by atoms with van der Waals surface area (Å²) >= 11 is 7.85. The van der Waals surface area contributed by atoms with Crippen LogP contribution >= 0.6 is 25.3 Å². The van der Waals surface area contributed by atoms with Crippen LogP contribution in [0.2, 0.25) is 0 Å². The normalized spacial score (nSPS) is 14.6. The molecule has 19 heteroatoms. The minimum atomic E-state index is -1.69. The summed E-state index contributed by atoms with van der Waals surface area (Å²) in [5, 5.41) is 17.7. The molecule has 0 heterocycles. The Labute approximate surface area is 221 Å². The van der Waals surface area contributed by atoms with E-state index in [1.54, 1.807) is 0 Å². The first kappa shape index (κ1) is 33.4. The van der Waals surface area contributed by atoms with Gasteiger partial charge in [-0.1, -0.05) is 0 Å². The largest absolute Gasteiger partial charge is 0.480 e. The molecule has 17 nitrogen and oxygen atoms in total. The number of aliphatic carboxylic acids is 1. The quantitative estimate of drug-likeness (QED) is 0.0740.